The van der Waals surface area contributed by atoms with Crippen molar-refractivity contribution < 1.29 is 13.5 Å². The van der Waals surface area contributed by atoms with E-state index in [4.69, 9.17) is 15.5 Å². The van der Waals surface area contributed by atoms with Gasteiger partial charge in [0.05, 0.1) is 33.8 Å². The van der Waals surface area contributed by atoms with Crippen molar-refractivity contribution in [3.63, 3.8) is 0 Å². The van der Waals surface area contributed by atoms with Gasteiger partial charge >= 0.3 is 6.61 Å². The molecule has 3 aromatic rings. The molecule has 1 aromatic carbocycles. The van der Waals surface area contributed by atoms with E-state index in [1.807, 2.05) is 50.1 Å². The Morgan fingerprint density at radius 2 is 2.16 bits per heavy atom. The smallest absolute Gasteiger partial charge is 0.387 e. The lowest BCUT2D eigenvalue weighted by atomic mass is 10.1. The summed E-state index contributed by atoms with van der Waals surface area (Å²) < 4.78 is 33.7. The number of halogens is 2. The van der Waals surface area contributed by atoms with Crippen LogP contribution in [0.15, 0.2) is 53.9 Å². The van der Waals surface area contributed by atoms with Crippen LogP contribution in [-0.4, -0.2) is 66.3 Å². The monoisotopic (exact) mass is 510 g/mol. The number of hydrogen-bond acceptors (Lipinski definition) is 8. The average Bonchev–Trinajstić information content (AvgIpc) is 3.44. The highest BCUT2D eigenvalue weighted by atomic mass is 19.3. The van der Waals surface area contributed by atoms with Crippen LogP contribution >= 0.6 is 0 Å². The van der Waals surface area contributed by atoms with Gasteiger partial charge in [-0.1, -0.05) is 0 Å². The Bertz CT molecular complexity index is 1340. The summed E-state index contributed by atoms with van der Waals surface area (Å²) in [5.41, 5.74) is 11.4. The zero-order valence-electron chi connectivity index (χ0n) is 21.2. The van der Waals surface area contributed by atoms with Crippen molar-refractivity contribution in [1.29, 1.82) is 0 Å². The first-order valence-corrected chi connectivity index (χ1v) is 12.3. The number of likely N-dealkylation sites (N-methyl/N-ethyl adjacent to an activating group) is 1. The normalized spacial score (nSPS) is 19.5. The Balaban J connectivity index is 1.45. The number of allylic oxidation sites excluding steroid dienone is 1. The van der Waals surface area contributed by atoms with E-state index in [1.54, 1.807) is 24.5 Å². The highest BCUT2D eigenvalue weighted by molar-refractivity contribution is 6.15. The highest BCUT2D eigenvalue weighted by Crippen LogP contribution is 2.39. The summed E-state index contributed by atoms with van der Waals surface area (Å²) in [5, 5.41) is 6.28. The minimum atomic E-state index is -2.98. The summed E-state index contributed by atoms with van der Waals surface area (Å²) in [4.78, 5) is 13.6. The van der Waals surface area contributed by atoms with E-state index < -0.39 is 12.9 Å². The zero-order chi connectivity index (χ0) is 26.1. The van der Waals surface area contributed by atoms with Gasteiger partial charge in [-0.3, -0.25) is 4.98 Å². The Morgan fingerprint density at radius 3 is 2.95 bits per heavy atom. The van der Waals surface area contributed by atoms with E-state index in [9.17, 15) is 8.78 Å². The first-order valence-electron chi connectivity index (χ1n) is 12.3. The summed E-state index contributed by atoms with van der Waals surface area (Å²) in [6.45, 7) is -1.32. The van der Waals surface area contributed by atoms with Gasteiger partial charge < -0.3 is 35.5 Å². The molecule has 196 valence electrons. The molecule has 11 heteroatoms. The molecule has 0 radical (unpaired) electrons. The number of nitrogens with one attached hydrogen (secondary N) is 2. The molecule has 2 aromatic heterocycles. The molecule has 2 aliphatic heterocycles. The molecule has 1 saturated heterocycles. The largest absolute Gasteiger partial charge is 0.433 e. The number of rotatable bonds is 8. The van der Waals surface area contributed by atoms with Crippen molar-refractivity contribution >= 4 is 33.8 Å². The minimum Gasteiger partial charge on any atom is -0.433 e. The van der Waals surface area contributed by atoms with Gasteiger partial charge in [-0.15, -0.1) is 0 Å². The molecule has 5 rings (SSSR count). The predicted molar refractivity (Wildman–Crippen MR) is 143 cm³/mol. The van der Waals surface area contributed by atoms with Crippen molar-refractivity contribution in [1.82, 2.24) is 19.8 Å². The third kappa shape index (κ3) is 5.17. The second-order valence-electron chi connectivity index (χ2n) is 9.62. The van der Waals surface area contributed by atoms with Gasteiger partial charge in [-0.2, -0.15) is 8.78 Å². The Labute approximate surface area is 214 Å². The van der Waals surface area contributed by atoms with Crippen molar-refractivity contribution in [3.8, 4) is 5.75 Å². The topological polar surface area (TPSA) is 96.0 Å². The van der Waals surface area contributed by atoms with E-state index >= 15 is 0 Å². The van der Waals surface area contributed by atoms with Crippen LogP contribution in [0.4, 0.5) is 25.8 Å². The lowest BCUT2D eigenvalue weighted by molar-refractivity contribution is -0.0493. The molecule has 2 aliphatic rings. The van der Waals surface area contributed by atoms with Crippen LogP contribution in [0.2, 0.25) is 0 Å². The molecule has 4 N–H and O–H groups in total. The summed E-state index contributed by atoms with van der Waals surface area (Å²) in [5.74, 6) is 0.0228. The summed E-state index contributed by atoms with van der Waals surface area (Å²) >= 11 is 0. The molecule has 0 spiro atoms. The van der Waals surface area contributed by atoms with E-state index in [-0.39, 0.29) is 11.8 Å². The Kier molecular flexibility index (Phi) is 6.88. The van der Waals surface area contributed by atoms with E-state index in [0.29, 0.717) is 22.8 Å². The number of anilines is 3. The number of alkyl halides is 2. The minimum absolute atomic E-state index is 0.0228. The van der Waals surface area contributed by atoms with E-state index in [0.717, 1.165) is 42.5 Å². The van der Waals surface area contributed by atoms with Crippen molar-refractivity contribution in [3.05, 3.63) is 54.5 Å². The highest BCUT2D eigenvalue weighted by Gasteiger charge is 2.28. The Hall–Kier alpha value is -3.86. The lowest BCUT2D eigenvalue weighted by Crippen LogP contribution is -2.38. The van der Waals surface area contributed by atoms with Gasteiger partial charge in [0.15, 0.2) is 12.0 Å². The van der Waals surface area contributed by atoms with Crippen LogP contribution in [0.5, 0.6) is 5.75 Å². The summed E-state index contributed by atoms with van der Waals surface area (Å²) in [6, 6.07) is 7.39. The average molecular weight is 511 g/mol. The molecule has 0 saturated carbocycles. The van der Waals surface area contributed by atoms with E-state index in [2.05, 4.69) is 25.4 Å². The number of pyridine rings is 1. The third-order valence-electron chi connectivity index (χ3n) is 6.68. The number of nitrogens with zero attached hydrogens (tertiary/aromatic N) is 5. The summed E-state index contributed by atoms with van der Waals surface area (Å²) in [7, 11) is 6.00. The summed E-state index contributed by atoms with van der Waals surface area (Å²) in [6.07, 6.45) is 8.74. The molecule has 37 heavy (non-hydrogen) atoms. The van der Waals surface area contributed by atoms with Crippen LogP contribution in [-0.2, 0) is 7.05 Å². The molecular formula is C26H32F2N8O. The number of benzene rings is 1. The predicted octanol–water partition coefficient (Wildman–Crippen LogP) is 3.59. The number of nitrogen functional groups attached to an aromatic ring is 1. The van der Waals surface area contributed by atoms with Crippen LogP contribution in [0.25, 0.3) is 11.0 Å². The molecule has 2 unspecified atom stereocenters. The van der Waals surface area contributed by atoms with Crippen LogP contribution in [0.3, 0.4) is 0 Å². The maximum atomic E-state index is 13.4. The van der Waals surface area contributed by atoms with Gasteiger partial charge in [0, 0.05) is 56.4 Å². The fourth-order valence-corrected chi connectivity index (χ4v) is 5.12. The van der Waals surface area contributed by atoms with E-state index in [1.165, 1.54) is 0 Å². The fraction of sp³-hybridized carbons (Fsp3) is 0.385. The number of aromatic nitrogens is 2. The first kappa shape index (κ1) is 24.8. The fourth-order valence-electron chi connectivity index (χ4n) is 5.12. The number of ether oxygens (including phenoxy) is 1. The standard InChI is InChI=1S/C26H32F2N8O/c1-34(2)14-16-6-5-11-36(16)22-13-23(37-25(27)28)20(12-18(22)29)33-26-31-10-8-19(32-26)17-15-35(3)21-7-4-9-30-24(17)21/h4,7-10,12-13,15-16,25-26,31,33H,5-6,11,14,29H2,1-3H3. The molecule has 1 fully saturated rings. The van der Waals surface area contributed by atoms with Gasteiger partial charge in [0.2, 0.25) is 0 Å². The molecule has 4 heterocycles. The third-order valence-corrected chi connectivity index (χ3v) is 6.68. The molecule has 9 nitrogen and oxygen atoms in total. The number of fused-ring (bicyclic) bond motifs is 1. The maximum absolute atomic E-state index is 13.4. The second kappa shape index (κ2) is 10.3. The van der Waals surface area contributed by atoms with Gasteiger partial charge in [-0.25, -0.2) is 4.99 Å². The molecule has 0 aliphatic carbocycles. The molecular weight excluding hydrogens is 478 g/mol. The number of nitrogens with two attached hydrogens (primary N) is 1. The number of aryl methyl sites for hydroxylation is 1. The molecule has 0 bridgehead atoms. The van der Waals surface area contributed by atoms with Crippen LogP contribution in [0, 0.1) is 0 Å². The maximum Gasteiger partial charge on any atom is 0.387 e. The molecule has 2 atom stereocenters. The second-order valence-corrected chi connectivity index (χ2v) is 9.62. The van der Waals surface area contributed by atoms with Crippen LogP contribution < -0.4 is 26.0 Å². The molecule has 0 amide bonds. The first-order chi connectivity index (χ1) is 17.8. The van der Waals surface area contributed by atoms with Gasteiger partial charge in [0.1, 0.15) is 0 Å². The van der Waals surface area contributed by atoms with Crippen LogP contribution in [0.1, 0.15) is 18.4 Å². The SMILES string of the molecule is CN(C)CC1CCCN1c1cc(OC(F)F)c(NC2N=C(c3cn(C)c4cccnc34)C=CN2)cc1N. The van der Waals surface area contributed by atoms with Crippen molar-refractivity contribution in [2.24, 2.45) is 12.0 Å². The van der Waals surface area contributed by atoms with Gasteiger partial charge in [-0.05, 0) is 51.2 Å². The Morgan fingerprint density at radius 1 is 1.32 bits per heavy atom. The zero-order valence-corrected chi connectivity index (χ0v) is 21.2. The van der Waals surface area contributed by atoms with Crippen molar-refractivity contribution in [2.45, 2.75) is 31.8 Å². The van der Waals surface area contributed by atoms with Crippen molar-refractivity contribution in [2.75, 3.05) is 43.1 Å². The lowest BCUT2D eigenvalue weighted by Gasteiger charge is -2.31. The number of hydrogen-bond donors (Lipinski definition) is 3. The number of aliphatic imine (C=N–C) groups is 1. The van der Waals surface area contributed by atoms with Gasteiger partial charge in [0.25, 0.3) is 0 Å². The quantitative estimate of drug-likeness (QED) is 0.399.